The molecule has 32 heavy (non-hydrogen) atoms. The van der Waals surface area contributed by atoms with Gasteiger partial charge in [0.25, 0.3) is 0 Å². The van der Waals surface area contributed by atoms with Crippen molar-refractivity contribution in [2.75, 3.05) is 12.0 Å². The summed E-state index contributed by atoms with van der Waals surface area (Å²) >= 11 is 1.48. The Hall–Kier alpha value is -2.34. The third-order valence-corrected chi connectivity index (χ3v) is 5.45. The highest BCUT2D eigenvalue weighted by Crippen LogP contribution is 2.08. The average Bonchev–Trinajstić information content (AvgIpc) is 2.70. The Morgan fingerprint density at radius 3 is 1.78 bits per heavy atom. The van der Waals surface area contributed by atoms with Gasteiger partial charge in [-0.15, -0.1) is 0 Å². The Morgan fingerprint density at radius 2 is 1.34 bits per heavy atom. The van der Waals surface area contributed by atoms with E-state index < -0.39 is 59.7 Å². The van der Waals surface area contributed by atoms with E-state index in [0.717, 1.165) is 0 Å². The third kappa shape index (κ3) is 10.8. The largest absolute Gasteiger partial charge is 0.480 e. The van der Waals surface area contributed by atoms with Crippen molar-refractivity contribution in [2.45, 2.75) is 71.1 Å². The van der Waals surface area contributed by atoms with Crippen LogP contribution in [-0.4, -0.2) is 70.9 Å². The quantitative estimate of drug-likeness (QED) is 0.177. The van der Waals surface area contributed by atoms with Crippen molar-refractivity contribution >= 4 is 41.4 Å². The zero-order valence-electron chi connectivity index (χ0n) is 19.3. The van der Waals surface area contributed by atoms with Crippen LogP contribution in [0.15, 0.2) is 0 Å². The molecule has 8 N–H and O–H groups in total. The number of nitrogens with two attached hydrogens (primary N) is 2. The molecule has 0 aliphatic carbocycles. The highest BCUT2D eigenvalue weighted by molar-refractivity contribution is 7.98. The Morgan fingerprint density at radius 1 is 0.844 bits per heavy atom. The van der Waals surface area contributed by atoms with E-state index in [9.17, 15) is 29.1 Å². The topological polar surface area (TPSA) is 194 Å². The van der Waals surface area contributed by atoms with Gasteiger partial charge >= 0.3 is 5.97 Å². The Bertz CT molecular complexity index is 673. The first-order valence-electron chi connectivity index (χ1n) is 10.5. The van der Waals surface area contributed by atoms with Gasteiger partial charge in [-0.1, -0.05) is 27.7 Å². The van der Waals surface area contributed by atoms with Crippen LogP contribution in [0.5, 0.6) is 0 Å². The summed E-state index contributed by atoms with van der Waals surface area (Å²) in [7, 11) is 0. The van der Waals surface area contributed by atoms with Gasteiger partial charge in [0, 0.05) is 6.42 Å². The van der Waals surface area contributed by atoms with Crippen molar-refractivity contribution in [1.29, 1.82) is 0 Å². The van der Waals surface area contributed by atoms with E-state index in [0.29, 0.717) is 5.75 Å². The van der Waals surface area contributed by atoms with E-state index in [1.807, 2.05) is 6.26 Å². The van der Waals surface area contributed by atoms with E-state index >= 15 is 0 Å². The number of nitrogens with one attached hydrogen (secondary N) is 3. The van der Waals surface area contributed by atoms with Crippen molar-refractivity contribution < 1.29 is 29.1 Å². The minimum absolute atomic E-state index is 0.119. The van der Waals surface area contributed by atoms with Crippen molar-refractivity contribution in [3.8, 4) is 0 Å². The minimum Gasteiger partial charge on any atom is -0.480 e. The van der Waals surface area contributed by atoms with Gasteiger partial charge in [-0.3, -0.25) is 19.2 Å². The van der Waals surface area contributed by atoms with Crippen LogP contribution in [0.2, 0.25) is 0 Å². The van der Waals surface area contributed by atoms with Gasteiger partial charge in [0.15, 0.2) is 0 Å². The Kier molecular flexibility index (Phi) is 13.6. The summed E-state index contributed by atoms with van der Waals surface area (Å²) in [6.45, 7) is 6.81. The molecule has 11 nitrogen and oxygen atoms in total. The molecular formula is C20H37N5O6S. The van der Waals surface area contributed by atoms with Crippen LogP contribution in [0.3, 0.4) is 0 Å². The van der Waals surface area contributed by atoms with E-state index in [2.05, 4.69) is 16.0 Å². The summed E-state index contributed by atoms with van der Waals surface area (Å²) in [6.07, 6.45) is 1.82. The van der Waals surface area contributed by atoms with Crippen LogP contribution >= 0.6 is 11.8 Å². The molecule has 0 heterocycles. The number of primary amides is 1. The molecule has 4 amide bonds. The first-order chi connectivity index (χ1) is 14.8. The van der Waals surface area contributed by atoms with Crippen LogP contribution < -0.4 is 27.4 Å². The molecule has 0 fully saturated rings. The van der Waals surface area contributed by atoms with E-state index in [-0.39, 0.29) is 25.2 Å². The summed E-state index contributed by atoms with van der Waals surface area (Å²) in [6, 6.07) is -4.14. The van der Waals surface area contributed by atoms with Crippen LogP contribution in [0.1, 0.15) is 47.0 Å². The molecule has 4 atom stereocenters. The van der Waals surface area contributed by atoms with Crippen molar-refractivity contribution in [1.82, 2.24) is 16.0 Å². The number of thioether (sulfide) groups is 1. The molecular weight excluding hydrogens is 438 g/mol. The fourth-order valence-electron chi connectivity index (χ4n) is 2.67. The predicted molar refractivity (Wildman–Crippen MR) is 123 cm³/mol. The lowest BCUT2D eigenvalue weighted by Gasteiger charge is -2.26. The molecule has 0 bridgehead atoms. The van der Waals surface area contributed by atoms with Gasteiger partial charge < -0.3 is 32.5 Å². The smallest absolute Gasteiger partial charge is 0.326 e. The van der Waals surface area contributed by atoms with Crippen LogP contribution in [0, 0.1) is 11.8 Å². The van der Waals surface area contributed by atoms with Gasteiger partial charge in [0.1, 0.15) is 18.1 Å². The fourth-order valence-corrected chi connectivity index (χ4v) is 3.14. The molecule has 0 saturated carbocycles. The number of hydrogen-bond acceptors (Lipinski definition) is 7. The maximum absolute atomic E-state index is 12.9. The Balaban J connectivity index is 5.53. The zero-order chi connectivity index (χ0) is 25.0. The van der Waals surface area contributed by atoms with E-state index in [1.54, 1.807) is 27.7 Å². The summed E-state index contributed by atoms with van der Waals surface area (Å²) in [5, 5.41) is 16.8. The highest BCUT2D eigenvalue weighted by atomic mass is 32.2. The number of carboxylic acids is 1. The molecule has 0 saturated heterocycles. The van der Waals surface area contributed by atoms with Gasteiger partial charge in [-0.2, -0.15) is 11.8 Å². The number of amides is 4. The molecule has 0 rings (SSSR count). The number of aliphatic carboxylic acids is 1. The molecule has 0 aliphatic heterocycles. The van der Waals surface area contributed by atoms with Crippen molar-refractivity contribution in [2.24, 2.45) is 23.3 Å². The second-order valence-electron chi connectivity index (χ2n) is 8.25. The lowest BCUT2D eigenvalue weighted by molar-refractivity contribution is -0.143. The maximum Gasteiger partial charge on any atom is 0.326 e. The van der Waals surface area contributed by atoms with E-state index in [1.165, 1.54) is 11.8 Å². The summed E-state index contributed by atoms with van der Waals surface area (Å²) in [5.41, 5.74) is 11.0. The third-order valence-electron chi connectivity index (χ3n) is 4.81. The molecule has 0 aliphatic rings. The molecule has 0 spiro atoms. The number of carbonyl (C=O) groups is 5. The van der Waals surface area contributed by atoms with Crippen molar-refractivity contribution in [3.63, 3.8) is 0 Å². The second kappa shape index (κ2) is 14.7. The summed E-state index contributed by atoms with van der Waals surface area (Å²) in [5.74, 6) is -3.77. The number of hydrogen-bond donors (Lipinski definition) is 6. The first-order valence-corrected chi connectivity index (χ1v) is 11.9. The molecule has 0 radical (unpaired) electrons. The molecule has 4 unspecified atom stereocenters. The zero-order valence-corrected chi connectivity index (χ0v) is 20.2. The van der Waals surface area contributed by atoms with Crippen LogP contribution in [0.25, 0.3) is 0 Å². The predicted octanol–water partition coefficient (Wildman–Crippen LogP) is -0.817. The monoisotopic (exact) mass is 475 g/mol. The number of carboxylic acid groups (broad SMARTS) is 1. The number of carbonyl (C=O) groups excluding carboxylic acids is 4. The fraction of sp³-hybridized carbons (Fsp3) is 0.750. The molecule has 184 valence electrons. The normalized spacial score (nSPS) is 14.9. The van der Waals surface area contributed by atoms with Gasteiger partial charge in [-0.25, -0.2) is 4.79 Å². The van der Waals surface area contributed by atoms with Crippen molar-refractivity contribution in [3.05, 3.63) is 0 Å². The highest BCUT2D eigenvalue weighted by Gasteiger charge is 2.31. The lowest BCUT2D eigenvalue weighted by Crippen LogP contribution is -2.58. The minimum atomic E-state index is -1.22. The molecule has 0 aromatic carbocycles. The van der Waals surface area contributed by atoms with E-state index in [4.69, 9.17) is 11.5 Å². The SMILES string of the molecule is CSCCC(NC(=O)C(N)C(C)C)C(=O)NC(CCC(N)=O)C(=O)NC(C(=O)O)C(C)C. The molecule has 0 aromatic rings. The summed E-state index contributed by atoms with van der Waals surface area (Å²) in [4.78, 5) is 60.6. The summed E-state index contributed by atoms with van der Waals surface area (Å²) < 4.78 is 0. The molecule has 0 aromatic heterocycles. The standard InChI is InChI=1S/C20H37N5O6S/c1-10(2)15(22)19(29)24-13(8-9-32-5)17(27)23-12(6-7-14(21)26)18(28)25-16(11(3)4)20(30)31/h10-13,15-16H,6-9,22H2,1-5H3,(H2,21,26)(H,23,27)(H,24,29)(H,25,28)(H,30,31). The first kappa shape index (κ1) is 29.7. The van der Waals surface area contributed by atoms with Gasteiger partial charge in [-0.05, 0) is 36.7 Å². The second-order valence-corrected chi connectivity index (χ2v) is 9.23. The maximum atomic E-state index is 12.9. The number of rotatable bonds is 15. The Labute approximate surface area is 193 Å². The molecule has 12 heteroatoms. The van der Waals surface area contributed by atoms with Gasteiger partial charge in [0.05, 0.1) is 6.04 Å². The van der Waals surface area contributed by atoms with Gasteiger partial charge in [0.2, 0.25) is 23.6 Å². The van der Waals surface area contributed by atoms with Crippen LogP contribution in [0.4, 0.5) is 0 Å². The van der Waals surface area contributed by atoms with Crippen LogP contribution in [-0.2, 0) is 24.0 Å². The lowest BCUT2D eigenvalue weighted by atomic mass is 10.0. The average molecular weight is 476 g/mol.